The number of nitrogens with zero attached hydrogens (tertiary/aromatic N) is 2. The number of benzene rings is 2. The van der Waals surface area contributed by atoms with Crippen molar-refractivity contribution < 1.29 is 14.4 Å². The average molecular weight is 405 g/mol. The van der Waals surface area contributed by atoms with Crippen LogP contribution in [-0.4, -0.2) is 34.8 Å². The Morgan fingerprint density at radius 3 is 2.30 bits per heavy atom. The van der Waals surface area contributed by atoms with Crippen molar-refractivity contribution in [2.45, 2.75) is 57.5 Å². The Morgan fingerprint density at radius 2 is 1.63 bits per heavy atom. The number of rotatable bonds is 5. The van der Waals surface area contributed by atoms with Crippen molar-refractivity contribution in [1.29, 1.82) is 0 Å². The van der Waals surface area contributed by atoms with Crippen molar-refractivity contribution in [2.24, 2.45) is 0 Å². The lowest BCUT2D eigenvalue weighted by Crippen LogP contribution is -2.45. The molecule has 1 saturated carbocycles. The molecule has 1 N–H and O–H groups in total. The minimum Gasteiger partial charge on any atom is -0.326 e. The monoisotopic (exact) mass is 405 g/mol. The van der Waals surface area contributed by atoms with E-state index in [2.05, 4.69) is 5.32 Å². The molecule has 0 spiro atoms. The maximum absolute atomic E-state index is 13.4. The largest absolute Gasteiger partial charge is 0.332 e. The zero-order valence-corrected chi connectivity index (χ0v) is 17.2. The Bertz CT molecular complexity index is 920. The standard InChI is InChI=1S/C24H27N3O3/c1-17-12-14-20(15-13-17)27-23(29)21(16-22(28)25-18-8-4-2-5-9-18)26(24(27)30)19-10-6-3-7-11-19/h2,4-5,8-9,12-15,19,21H,3,6-7,10-11,16H2,1H3,(H,25,28)/t21-/m1/s1. The quantitative estimate of drug-likeness (QED) is 0.745. The second-order valence-corrected chi connectivity index (χ2v) is 8.12. The van der Waals surface area contributed by atoms with E-state index in [4.69, 9.17) is 0 Å². The van der Waals surface area contributed by atoms with Gasteiger partial charge in [0.2, 0.25) is 5.91 Å². The second kappa shape index (κ2) is 8.69. The molecule has 2 aliphatic rings. The van der Waals surface area contributed by atoms with E-state index >= 15 is 0 Å². The summed E-state index contributed by atoms with van der Waals surface area (Å²) >= 11 is 0. The normalized spacial score (nSPS) is 20.0. The molecule has 4 amide bonds. The van der Waals surface area contributed by atoms with Gasteiger partial charge >= 0.3 is 6.03 Å². The molecule has 2 fully saturated rings. The summed E-state index contributed by atoms with van der Waals surface area (Å²) in [5.74, 6) is -0.587. The van der Waals surface area contributed by atoms with Crippen LogP contribution in [0.3, 0.4) is 0 Å². The summed E-state index contributed by atoms with van der Waals surface area (Å²) in [6, 6.07) is 15.4. The molecule has 1 heterocycles. The van der Waals surface area contributed by atoms with Crippen LogP contribution in [0.1, 0.15) is 44.1 Å². The summed E-state index contributed by atoms with van der Waals surface area (Å²) in [6.45, 7) is 1.96. The molecule has 1 saturated heterocycles. The Kier molecular flexibility index (Phi) is 5.84. The van der Waals surface area contributed by atoms with Gasteiger partial charge in [-0.05, 0) is 44.0 Å². The van der Waals surface area contributed by atoms with Crippen LogP contribution in [-0.2, 0) is 9.59 Å². The SMILES string of the molecule is Cc1ccc(N2C(=O)[C@@H](CC(=O)Nc3ccccc3)N(C3CCCCC3)C2=O)cc1. The fourth-order valence-electron chi connectivity index (χ4n) is 4.41. The number of carbonyl (C=O) groups excluding carboxylic acids is 3. The molecule has 2 aromatic carbocycles. The number of hydrogen-bond donors (Lipinski definition) is 1. The van der Waals surface area contributed by atoms with Crippen molar-refractivity contribution in [1.82, 2.24) is 4.90 Å². The van der Waals surface area contributed by atoms with Gasteiger partial charge in [0, 0.05) is 11.7 Å². The van der Waals surface area contributed by atoms with Gasteiger partial charge in [-0.2, -0.15) is 0 Å². The minimum atomic E-state index is -0.773. The number of amides is 4. The lowest BCUT2D eigenvalue weighted by molar-refractivity contribution is -0.125. The van der Waals surface area contributed by atoms with Gasteiger partial charge in [-0.25, -0.2) is 9.69 Å². The van der Waals surface area contributed by atoms with Crippen LogP contribution in [0, 0.1) is 6.92 Å². The average Bonchev–Trinajstić information content (AvgIpc) is 2.99. The summed E-state index contributed by atoms with van der Waals surface area (Å²) in [5, 5.41) is 2.84. The molecule has 1 aliphatic heterocycles. The molecule has 6 nitrogen and oxygen atoms in total. The predicted octanol–water partition coefficient (Wildman–Crippen LogP) is 4.49. The third kappa shape index (κ3) is 4.08. The molecular weight excluding hydrogens is 378 g/mol. The molecule has 1 aliphatic carbocycles. The number of hydrogen-bond acceptors (Lipinski definition) is 3. The first kappa shape index (κ1) is 20.1. The number of aryl methyl sites for hydroxylation is 1. The van der Waals surface area contributed by atoms with Crippen LogP contribution in [0.15, 0.2) is 54.6 Å². The Morgan fingerprint density at radius 1 is 0.967 bits per heavy atom. The van der Waals surface area contributed by atoms with Gasteiger partial charge in [-0.3, -0.25) is 9.59 Å². The van der Waals surface area contributed by atoms with Gasteiger partial charge in [0.1, 0.15) is 6.04 Å². The van der Waals surface area contributed by atoms with Crippen LogP contribution >= 0.6 is 0 Å². The highest BCUT2D eigenvalue weighted by Crippen LogP contribution is 2.33. The van der Waals surface area contributed by atoms with Gasteiger partial charge in [0.15, 0.2) is 0 Å². The molecule has 30 heavy (non-hydrogen) atoms. The lowest BCUT2D eigenvalue weighted by Gasteiger charge is -2.33. The number of carbonyl (C=O) groups is 3. The first-order valence-electron chi connectivity index (χ1n) is 10.6. The van der Waals surface area contributed by atoms with E-state index in [0.29, 0.717) is 11.4 Å². The molecule has 0 radical (unpaired) electrons. The summed E-state index contributed by atoms with van der Waals surface area (Å²) in [4.78, 5) is 42.3. The first-order chi connectivity index (χ1) is 14.5. The van der Waals surface area contributed by atoms with E-state index in [1.165, 1.54) is 4.90 Å². The Hall–Kier alpha value is -3.15. The first-order valence-corrected chi connectivity index (χ1v) is 10.6. The third-order valence-electron chi connectivity index (χ3n) is 5.95. The van der Waals surface area contributed by atoms with Crippen molar-refractivity contribution in [2.75, 3.05) is 10.2 Å². The van der Waals surface area contributed by atoms with Crippen molar-refractivity contribution >= 4 is 29.2 Å². The van der Waals surface area contributed by atoms with Crippen LogP contribution in [0.25, 0.3) is 0 Å². The van der Waals surface area contributed by atoms with Crippen LogP contribution in [0.2, 0.25) is 0 Å². The maximum atomic E-state index is 13.4. The summed E-state index contributed by atoms with van der Waals surface area (Å²) < 4.78 is 0. The van der Waals surface area contributed by atoms with E-state index in [1.54, 1.807) is 29.2 Å². The highest BCUT2D eigenvalue weighted by Gasteiger charge is 2.49. The number of urea groups is 1. The minimum absolute atomic E-state index is 0.000161. The zero-order chi connectivity index (χ0) is 21.1. The van der Waals surface area contributed by atoms with Crippen LogP contribution in [0.4, 0.5) is 16.2 Å². The molecule has 0 bridgehead atoms. The van der Waals surface area contributed by atoms with Crippen molar-refractivity contribution in [3.8, 4) is 0 Å². The number of para-hydroxylation sites is 1. The van der Waals surface area contributed by atoms with Gasteiger partial charge in [-0.1, -0.05) is 55.2 Å². The fraction of sp³-hybridized carbons (Fsp3) is 0.375. The zero-order valence-electron chi connectivity index (χ0n) is 17.2. The predicted molar refractivity (Wildman–Crippen MR) is 116 cm³/mol. The van der Waals surface area contributed by atoms with Crippen molar-refractivity contribution in [3.63, 3.8) is 0 Å². The highest BCUT2D eigenvalue weighted by atomic mass is 16.2. The Balaban J connectivity index is 1.59. The third-order valence-corrected chi connectivity index (χ3v) is 5.95. The summed E-state index contributed by atoms with van der Waals surface area (Å²) in [7, 11) is 0. The number of anilines is 2. The van der Waals surface area contributed by atoms with Crippen molar-refractivity contribution in [3.05, 3.63) is 60.2 Å². The maximum Gasteiger partial charge on any atom is 0.332 e. The lowest BCUT2D eigenvalue weighted by atomic mass is 9.93. The highest BCUT2D eigenvalue weighted by molar-refractivity contribution is 6.22. The van der Waals surface area contributed by atoms with E-state index < -0.39 is 6.04 Å². The van der Waals surface area contributed by atoms with Gasteiger partial charge in [0.25, 0.3) is 5.91 Å². The van der Waals surface area contributed by atoms with E-state index in [9.17, 15) is 14.4 Å². The number of imide groups is 1. The van der Waals surface area contributed by atoms with Gasteiger partial charge in [0.05, 0.1) is 12.1 Å². The molecular formula is C24H27N3O3. The van der Waals surface area contributed by atoms with E-state index in [1.807, 2.05) is 37.3 Å². The van der Waals surface area contributed by atoms with Gasteiger partial charge < -0.3 is 10.2 Å². The topological polar surface area (TPSA) is 69.7 Å². The summed E-state index contributed by atoms with van der Waals surface area (Å²) in [6.07, 6.45) is 4.92. The Labute approximate surface area is 176 Å². The molecule has 0 aromatic heterocycles. The van der Waals surface area contributed by atoms with Crippen LogP contribution < -0.4 is 10.2 Å². The number of nitrogens with one attached hydrogen (secondary N) is 1. The molecule has 2 aromatic rings. The summed E-state index contributed by atoms with van der Waals surface area (Å²) in [5.41, 5.74) is 2.29. The fourth-order valence-corrected chi connectivity index (χ4v) is 4.41. The molecule has 0 unspecified atom stereocenters. The van der Waals surface area contributed by atoms with E-state index in [0.717, 1.165) is 37.7 Å². The van der Waals surface area contributed by atoms with Gasteiger partial charge in [-0.15, -0.1) is 0 Å². The molecule has 4 rings (SSSR count). The smallest absolute Gasteiger partial charge is 0.326 e. The molecule has 1 atom stereocenters. The van der Waals surface area contributed by atoms with Crippen LogP contribution in [0.5, 0.6) is 0 Å². The molecule has 6 heteroatoms. The molecule has 156 valence electrons. The second-order valence-electron chi connectivity index (χ2n) is 8.12. The van der Waals surface area contributed by atoms with E-state index in [-0.39, 0.29) is 30.3 Å².